The zero-order valence-electron chi connectivity index (χ0n) is 5.14. The van der Waals surface area contributed by atoms with Crippen molar-refractivity contribution in [3.63, 3.8) is 0 Å². The molecule has 1 aromatic carbocycles. The molecule has 0 radical (unpaired) electrons. The highest BCUT2D eigenvalue weighted by Crippen LogP contribution is 2.24. The van der Waals surface area contributed by atoms with Gasteiger partial charge < -0.3 is 0 Å². The lowest BCUT2D eigenvalue weighted by molar-refractivity contribution is 0.585. The van der Waals surface area contributed by atoms with Gasteiger partial charge in [-0.05, 0) is 11.2 Å². The number of benzene rings is 1. The number of nitrogens with zero attached hydrogens (tertiary/aromatic N) is 1. The van der Waals surface area contributed by atoms with Gasteiger partial charge in [0.15, 0.2) is 5.82 Å². The zero-order valence-corrected chi connectivity index (χ0v) is 5.90. The van der Waals surface area contributed by atoms with E-state index in [2.05, 4.69) is 5.18 Å². The first-order valence-electron chi connectivity index (χ1n) is 2.63. The molecular weight excluding hydrogens is 176 g/mol. The van der Waals surface area contributed by atoms with Gasteiger partial charge in [0, 0.05) is 6.07 Å². The molecule has 0 saturated carbocycles. The Kier molecular flexibility index (Phi) is 2.14. The van der Waals surface area contributed by atoms with Crippen molar-refractivity contribution in [2.75, 3.05) is 0 Å². The van der Waals surface area contributed by atoms with Crippen LogP contribution in [0.25, 0.3) is 0 Å². The second kappa shape index (κ2) is 2.92. The van der Waals surface area contributed by atoms with Crippen LogP contribution in [0.3, 0.4) is 0 Å². The van der Waals surface area contributed by atoms with Gasteiger partial charge >= 0.3 is 0 Å². The maximum atomic E-state index is 12.4. The molecule has 2 nitrogen and oxygen atoms in total. The Balaban J connectivity index is 3.31. The van der Waals surface area contributed by atoms with E-state index in [1.165, 1.54) is 0 Å². The smallest absolute Gasteiger partial charge is 0.155 e. The molecule has 58 valence electrons. The van der Waals surface area contributed by atoms with E-state index in [9.17, 15) is 13.7 Å². The fraction of sp³-hybridized carbons (Fsp3) is 0. The Labute approximate surface area is 65.8 Å². The molecular formula is C6H2ClF2NO. The Morgan fingerprint density at radius 1 is 1.27 bits per heavy atom. The second-order valence-corrected chi connectivity index (χ2v) is 2.22. The van der Waals surface area contributed by atoms with Crippen molar-refractivity contribution in [1.82, 2.24) is 0 Å². The SMILES string of the molecule is O=Nc1cc(Cl)c(F)cc1F. The average molecular weight is 178 g/mol. The van der Waals surface area contributed by atoms with Gasteiger partial charge in [-0.1, -0.05) is 11.6 Å². The maximum Gasteiger partial charge on any atom is 0.155 e. The van der Waals surface area contributed by atoms with Crippen molar-refractivity contribution < 1.29 is 8.78 Å². The molecule has 0 aliphatic rings. The number of nitroso groups, excluding NO2 is 1. The fourth-order valence-corrected chi connectivity index (χ4v) is 0.740. The van der Waals surface area contributed by atoms with E-state index in [4.69, 9.17) is 11.6 Å². The molecule has 0 heterocycles. The summed E-state index contributed by atoms with van der Waals surface area (Å²) in [6.45, 7) is 0. The molecule has 0 amide bonds. The molecule has 1 aromatic rings. The number of hydrogen-bond acceptors (Lipinski definition) is 2. The third-order valence-corrected chi connectivity index (χ3v) is 1.38. The fourth-order valence-electron chi connectivity index (χ4n) is 0.582. The van der Waals surface area contributed by atoms with Gasteiger partial charge in [0.25, 0.3) is 0 Å². The molecule has 0 spiro atoms. The van der Waals surface area contributed by atoms with Gasteiger partial charge in [-0.2, -0.15) is 0 Å². The lowest BCUT2D eigenvalue weighted by Gasteiger charge is -1.94. The quantitative estimate of drug-likeness (QED) is 0.479. The van der Waals surface area contributed by atoms with Crippen LogP contribution in [0.4, 0.5) is 14.5 Å². The lowest BCUT2D eigenvalue weighted by atomic mass is 10.3. The van der Waals surface area contributed by atoms with Crippen LogP contribution >= 0.6 is 11.6 Å². The molecule has 11 heavy (non-hydrogen) atoms. The summed E-state index contributed by atoms with van der Waals surface area (Å²) in [5.41, 5.74) is -0.489. The topological polar surface area (TPSA) is 29.4 Å². The van der Waals surface area contributed by atoms with Crippen molar-refractivity contribution in [3.8, 4) is 0 Å². The van der Waals surface area contributed by atoms with E-state index in [0.717, 1.165) is 6.07 Å². The minimum absolute atomic E-state index is 0.319. The molecule has 0 N–H and O–H groups in total. The van der Waals surface area contributed by atoms with Gasteiger partial charge in [-0.15, -0.1) is 4.91 Å². The van der Waals surface area contributed by atoms with E-state index in [0.29, 0.717) is 6.07 Å². The summed E-state index contributed by atoms with van der Waals surface area (Å²) in [5.74, 6) is -1.92. The minimum atomic E-state index is -1.01. The molecule has 0 saturated heterocycles. The first kappa shape index (κ1) is 8.07. The summed E-state index contributed by atoms with van der Waals surface area (Å²) in [7, 11) is 0. The van der Waals surface area contributed by atoms with Crippen molar-refractivity contribution in [2.45, 2.75) is 0 Å². The molecule has 0 aliphatic carbocycles. The second-order valence-electron chi connectivity index (χ2n) is 1.81. The lowest BCUT2D eigenvalue weighted by Crippen LogP contribution is -1.80. The largest absolute Gasteiger partial charge is 0.205 e. The number of hydrogen-bond donors (Lipinski definition) is 0. The van der Waals surface area contributed by atoms with Crippen LogP contribution in [0.1, 0.15) is 0 Å². The Morgan fingerprint density at radius 3 is 2.45 bits per heavy atom. The van der Waals surface area contributed by atoms with Gasteiger partial charge in [0.1, 0.15) is 11.5 Å². The molecule has 0 aliphatic heterocycles. The number of rotatable bonds is 1. The normalized spacial score (nSPS) is 9.73. The molecule has 0 aromatic heterocycles. The van der Waals surface area contributed by atoms with E-state index < -0.39 is 17.3 Å². The third kappa shape index (κ3) is 1.51. The number of halogens is 3. The van der Waals surface area contributed by atoms with Crippen LogP contribution in [-0.2, 0) is 0 Å². The van der Waals surface area contributed by atoms with Crippen LogP contribution in [-0.4, -0.2) is 0 Å². The Bertz CT molecular complexity index is 303. The summed E-state index contributed by atoms with van der Waals surface area (Å²) in [6, 6.07) is 1.35. The van der Waals surface area contributed by atoms with E-state index in [1.807, 2.05) is 0 Å². The Morgan fingerprint density at radius 2 is 1.91 bits per heavy atom. The minimum Gasteiger partial charge on any atom is -0.205 e. The Hall–Kier alpha value is -1.03. The van der Waals surface area contributed by atoms with Crippen molar-refractivity contribution in [3.05, 3.63) is 33.7 Å². The molecule has 0 bridgehead atoms. The predicted molar refractivity (Wildman–Crippen MR) is 36.8 cm³/mol. The zero-order chi connectivity index (χ0) is 8.43. The predicted octanol–water partition coefficient (Wildman–Crippen LogP) is 3.02. The third-order valence-electron chi connectivity index (χ3n) is 1.09. The van der Waals surface area contributed by atoms with Gasteiger partial charge in [-0.25, -0.2) is 8.78 Å². The van der Waals surface area contributed by atoms with Gasteiger partial charge in [0.05, 0.1) is 5.02 Å². The van der Waals surface area contributed by atoms with Crippen LogP contribution in [0.5, 0.6) is 0 Å². The highest BCUT2D eigenvalue weighted by atomic mass is 35.5. The van der Waals surface area contributed by atoms with E-state index >= 15 is 0 Å². The maximum absolute atomic E-state index is 12.4. The van der Waals surface area contributed by atoms with Gasteiger partial charge in [-0.3, -0.25) is 0 Å². The van der Waals surface area contributed by atoms with E-state index in [1.54, 1.807) is 0 Å². The van der Waals surface area contributed by atoms with Crippen molar-refractivity contribution in [2.24, 2.45) is 5.18 Å². The first-order chi connectivity index (χ1) is 5.15. The van der Waals surface area contributed by atoms with Crippen molar-refractivity contribution >= 4 is 17.3 Å². The molecule has 0 unspecified atom stereocenters. The average Bonchev–Trinajstić information content (AvgIpc) is 1.97. The molecule has 1 rings (SSSR count). The summed E-state index contributed by atoms with van der Waals surface area (Å²) >= 11 is 5.22. The highest BCUT2D eigenvalue weighted by Gasteiger charge is 2.07. The summed E-state index contributed by atoms with van der Waals surface area (Å²) in [6.07, 6.45) is 0. The van der Waals surface area contributed by atoms with Crippen LogP contribution in [0, 0.1) is 16.5 Å². The summed E-state index contributed by atoms with van der Waals surface area (Å²) in [4.78, 5) is 9.82. The van der Waals surface area contributed by atoms with Gasteiger partial charge in [0.2, 0.25) is 0 Å². The van der Waals surface area contributed by atoms with Crippen LogP contribution < -0.4 is 0 Å². The summed E-state index contributed by atoms with van der Waals surface area (Å²) in [5, 5.41) is 1.98. The standard InChI is InChI=1S/C6H2ClF2NO/c7-3-1-6(10-11)5(9)2-4(3)8/h1-2H. The first-order valence-corrected chi connectivity index (χ1v) is 3.01. The van der Waals surface area contributed by atoms with Crippen molar-refractivity contribution in [1.29, 1.82) is 0 Å². The van der Waals surface area contributed by atoms with Crippen LogP contribution in [0.2, 0.25) is 5.02 Å². The summed E-state index contributed by atoms with van der Waals surface area (Å²) < 4.78 is 24.8. The molecule has 0 fully saturated rings. The van der Waals surface area contributed by atoms with Crippen LogP contribution in [0.15, 0.2) is 17.3 Å². The molecule has 5 heteroatoms. The van der Waals surface area contributed by atoms with E-state index in [-0.39, 0.29) is 5.02 Å². The highest BCUT2D eigenvalue weighted by molar-refractivity contribution is 6.31. The monoisotopic (exact) mass is 177 g/mol. The molecule has 0 atom stereocenters.